The molecule has 3 rings (SSSR count). The number of aliphatic hydroxyl groups is 9. The Morgan fingerprint density at radius 2 is 0.652 bits per heavy atom. The lowest BCUT2D eigenvalue weighted by molar-refractivity contribution is -0.360. The molecule has 1 aliphatic carbocycles. The lowest BCUT2D eigenvalue weighted by Crippen LogP contribution is -2.70. The predicted molar refractivity (Wildman–Crippen MR) is 444 cm³/mol. The molecular weight excluding hydrogens is 1500 g/mol. The van der Waals surface area contributed by atoms with Crippen LogP contribution in [0.1, 0.15) is 362 Å². The molecule has 0 spiro atoms. The summed E-state index contributed by atoms with van der Waals surface area (Å²) in [4.78, 5) is 66.3. The molecule has 18 unspecified atom stereocenters. The molecule has 18 atom stereocenters. The van der Waals surface area contributed by atoms with Gasteiger partial charge in [-0.05, 0) is 128 Å². The number of phosphoric ester groups is 1. The van der Waals surface area contributed by atoms with E-state index in [0.29, 0.717) is 38.5 Å². The lowest BCUT2D eigenvalue weighted by Gasteiger charge is -2.50. The highest BCUT2D eigenvalue weighted by Crippen LogP contribution is 2.49. The molecule has 0 aromatic carbocycles. The lowest BCUT2D eigenvalue weighted by atomic mass is 9.84. The molecule has 2 aliphatic heterocycles. The maximum Gasteiger partial charge on any atom is 0.472 e. The van der Waals surface area contributed by atoms with Crippen molar-refractivity contribution < 1.29 is 122 Å². The van der Waals surface area contributed by atoms with Crippen LogP contribution in [0.3, 0.4) is 0 Å². The first-order valence-corrected chi connectivity index (χ1v) is 46.9. The number of carbonyl (C=O) groups is 4. The van der Waals surface area contributed by atoms with Crippen LogP contribution in [-0.4, -0.2) is 205 Å². The number of aliphatic hydroxyl groups excluding tert-OH is 9. The molecule has 0 amide bonds. The fraction of sp³-hybridized carbons (Fsp3) is 0.865. The highest BCUT2D eigenvalue weighted by molar-refractivity contribution is 7.47. The van der Waals surface area contributed by atoms with Gasteiger partial charge in [0, 0.05) is 25.7 Å². The van der Waals surface area contributed by atoms with Gasteiger partial charge in [0.05, 0.1) is 13.2 Å². The van der Waals surface area contributed by atoms with Gasteiger partial charge in [0.15, 0.2) is 24.8 Å². The van der Waals surface area contributed by atoms with Crippen molar-refractivity contribution in [3.05, 3.63) is 48.6 Å². The van der Waals surface area contributed by atoms with Gasteiger partial charge in [-0.1, -0.05) is 256 Å². The number of phosphoric acid groups is 1. The summed E-state index contributed by atoms with van der Waals surface area (Å²) >= 11 is 0. The molecule has 3 aliphatic rings. The first kappa shape index (κ1) is 106. The van der Waals surface area contributed by atoms with E-state index in [9.17, 15) is 74.6 Å². The van der Waals surface area contributed by atoms with E-state index in [2.05, 4.69) is 76.3 Å². The maximum atomic E-state index is 14.9. The quantitative estimate of drug-likeness (QED) is 0.00889. The third-order valence-electron chi connectivity index (χ3n) is 21.7. The smallest absolute Gasteiger partial charge is 0.463 e. The Labute approximate surface area is 690 Å². The highest BCUT2D eigenvalue weighted by Gasteiger charge is 2.60. The molecule has 670 valence electrons. The summed E-state index contributed by atoms with van der Waals surface area (Å²) in [5, 5.41) is 102. The zero-order valence-corrected chi connectivity index (χ0v) is 72.0. The number of hydrogen-bond donors (Lipinski definition) is 10. The van der Waals surface area contributed by atoms with E-state index < -0.39 is 162 Å². The van der Waals surface area contributed by atoms with E-state index in [-0.39, 0.29) is 25.7 Å². The average Bonchev–Trinajstić information content (AvgIpc) is 0.756. The second-order valence-electron chi connectivity index (χ2n) is 32.1. The van der Waals surface area contributed by atoms with Crippen molar-refractivity contribution in [2.45, 2.75) is 466 Å². The summed E-state index contributed by atoms with van der Waals surface area (Å²) in [5.41, 5.74) is 0. The first-order valence-electron chi connectivity index (χ1n) is 45.4. The predicted octanol–water partition coefficient (Wildman–Crippen LogP) is 16.1. The zero-order valence-electron chi connectivity index (χ0n) is 71.1. The summed E-state index contributed by atoms with van der Waals surface area (Å²) in [6, 6.07) is 0. The molecule has 10 N–H and O–H groups in total. The molecule has 0 aromatic heterocycles. The molecule has 115 heavy (non-hydrogen) atoms. The second-order valence-corrected chi connectivity index (χ2v) is 33.5. The van der Waals surface area contributed by atoms with Crippen molar-refractivity contribution in [1.29, 1.82) is 0 Å². The summed E-state index contributed by atoms with van der Waals surface area (Å²) in [5.74, 6) is -3.03. The highest BCUT2D eigenvalue weighted by atomic mass is 31.2. The van der Waals surface area contributed by atoms with Gasteiger partial charge in [-0.15, -0.1) is 0 Å². The molecule has 3 fully saturated rings. The Morgan fingerprint density at radius 3 is 1.05 bits per heavy atom. The van der Waals surface area contributed by atoms with E-state index in [1.807, 2.05) is 0 Å². The van der Waals surface area contributed by atoms with Gasteiger partial charge in [0.1, 0.15) is 92.6 Å². The van der Waals surface area contributed by atoms with E-state index in [0.717, 1.165) is 154 Å². The molecule has 26 heteroatoms. The van der Waals surface area contributed by atoms with Gasteiger partial charge in [-0.3, -0.25) is 28.2 Å². The molecule has 1 saturated carbocycles. The van der Waals surface area contributed by atoms with Crippen LogP contribution in [0.15, 0.2) is 48.6 Å². The normalized spacial score (nSPS) is 25.5. The summed E-state index contributed by atoms with van der Waals surface area (Å²) in [6.07, 6.45) is 29.8. The second kappa shape index (κ2) is 68.0. The van der Waals surface area contributed by atoms with Gasteiger partial charge in [0.2, 0.25) is 0 Å². The summed E-state index contributed by atoms with van der Waals surface area (Å²) in [7, 11) is -5.82. The number of hydrogen-bond acceptors (Lipinski definition) is 24. The molecular formula is C89H159O25P. The van der Waals surface area contributed by atoms with Crippen molar-refractivity contribution in [2.75, 3.05) is 26.4 Å². The van der Waals surface area contributed by atoms with E-state index >= 15 is 0 Å². The average molecular weight is 1660 g/mol. The fourth-order valence-electron chi connectivity index (χ4n) is 14.5. The minimum atomic E-state index is -5.82. The molecule has 0 bridgehead atoms. The third-order valence-corrected chi connectivity index (χ3v) is 22.7. The molecule has 2 heterocycles. The Hall–Kier alpha value is -3.57. The number of esters is 4. The van der Waals surface area contributed by atoms with Crippen molar-refractivity contribution in [1.82, 2.24) is 0 Å². The SMILES string of the molecule is CCCCCC/C=C\CCCCCCCCCC(=O)OCC1OC(OC2C(OC(=O)CCCCCCCCC/C=C\CCCCCC)C(O)C(O)C(OC3OC(CO)C(O)C(O)C3O)C2OP(=O)(O)OCC(COC(=O)CCCCC/C=C\CCCCCCCC)OC(=O)CCCCC/C=C\CCCCCCCC)C(O)C(O)C1O. The number of carbonyl (C=O) groups excluding carboxylic acids is 4. The molecule has 25 nitrogen and oxygen atoms in total. The van der Waals surface area contributed by atoms with Crippen molar-refractivity contribution >= 4 is 31.7 Å². The first-order chi connectivity index (χ1) is 55.7. The maximum absolute atomic E-state index is 14.9. The zero-order chi connectivity index (χ0) is 84.0. The Balaban J connectivity index is 1.94. The topological polar surface area (TPSA) is 380 Å². The number of allylic oxidation sites excluding steroid dienone is 8. The Morgan fingerprint density at radius 1 is 0.339 bits per heavy atom. The number of ether oxygens (including phenoxy) is 8. The minimum Gasteiger partial charge on any atom is -0.463 e. The van der Waals surface area contributed by atoms with Crippen LogP contribution in [-0.2, 0) is 70.7 Å². The van der Waals surface area contributed by atoms with Crippen LogP contribution >= 0.6 is 7.82 Å². The van der Waals surface area contributed by atoms with Crippen molar-refractivity contribution in [3.8, 4) is 0 Å². The largest absolute Gasteiger partial charge is 0.472 e. The Kier molecular flexibility index (Phi) is 62.5. The van der Waals surface area contributed by atoms with Gasteiger partial charge < -0.3 is 88.7 Å². The molecule has 0 radical (unpaired) electrons. The molecule has 0 aromatic rings. The van der Waals surface area contributed by atoms with Crippen LogP contribution in [0.5, 0.6) is 0 Å². The Bertz CT molecular complexity index is 2590. The van der Waals surface area contributed by atoms with Crippen molar-refractivity contribution in [3.63, 3.8) is 0 Å². The minimum absolute atomic E-state index is 0.00567. The van der Waals surface area contributed by atoms with E-state index in [4.69, 9.17) is 46.9 Å². The number of unbranched alkanes of at least 4 members (excludes halogenated alkanes) is 40. The van der Waals surface area contributed by atoms with E-state index in [1.54, 1.807) is 0 Å². The number of rotatable bonds is 72. The standard InChI is InChI=1S/C89H159O25P/c1-5-9-13-17-21-25-29-33-35-39-42-46-50-54-58-62-73(92)106-68-71-77(96)79(98)83(102)89(110-71)113-86-84(111-75(94)64-60-56-52-48-44-40-36-34-30-26-22-18-14-10-6-2)80(99)81(100)85(112-88-82(101)78(97)76(95)70(65-90)109-88)87(86)114-115(103,104)107-67-69(108-74(93)63-59-55-51-47-43-38-32-28-24-20-16-12-8-4)66-105-72(91)61-57-53-49-45-41-37-31-27-23-19-15-11-7-3/h25-26,29-30,37-38,41,43,69-71,76-90,95-102H,5-24,27-28,31-36,39-40,42,44-68H2,1-4H3,(H,103,104)/b29-25-,30-26-,41-37-,43-38-. The van der Waals surface area contributed by atoms with Crippen LogP contribution in [0.25, 0.3) is 0 Å². The third kappa shape index (κ3) is 48.6. The van der Waals surface area contributed by atoms with E-state index in [1.165, 1.54) is 116 Å². The van der Waals surface area contributed by atoms with Gasteiger partial charge in [0.25, 0.3) is 0 Å². The summed E-state index contributed by atoms with van der Waals surface area (Å²) < 4.78 is 73.2. The van der Waals surface area contributed by atoms with Crippen molar-refractivity contribution in [2.24, 2.45) is 0 Å². The molecule has 2 saturated heterocycles. The van der Waals surface area contributed by atoms with Gasteiger partial charge >= 0.3 is 31.7 Å². The summed E-state index contributed by atoms with van der Waals surface area (Å²) in [6.45, 7) is 5.49. The van der Waals surface area contributed by atoms with Crippen LogP contribution in [0.4, 0.5) is 0 Å². The van der Waals surface area contributed by atoms with Crippen LogP contribution in [0, 0.1) is 0 Å². The van der Waals surface area contributed by atoms with Gasteiger partial charge in [-0.2, -0.15) is 0 Å². The monoisotopic (exact) mass is 1660 g/mol. The fourth-order valence-corrected chi connectivity index (χ4v) is 15.4. The van der Waals surface area contributed by atoms with Crippen LogP contribution in [0.2, 0.25) is 0 Å². The van der Waals surface area contributed by atoms with Gasteiger partial charge in [-0.25, -0.2) is 4.57 Å². The van der Waals surface area contributed by atoms with Crippen LogP contribution < -0.4 is 0 Å².